The second-order valence-electron chi connectivity index (χ2n) is 2.64. The van der Waals surface area contributed by atoms with Gasteiger partial charge in [0.2, 0.25) is 0 Å². The van der Waals surface area contributed by atoms with Crippen molar-refractivity contribution in [2.24, 2.45) is 28.7 Å². The largest absolute Gasteiger partial charge is 0.444 e. The van der Waals surface area contributed by atoms with E-state index in [9.17, 15) is 4.79 Å². The van der Waals surface area contributed by atoms with E-state index in [1.807, 2.05) is 0 Å². The fraction of sp³-hybridized carbons (Fsp3) is 0.833. The topological polar surface area (TPSA) is 156 Å². The molecule has 0 aromatic heterocycles. The van der Waals surface area contributed by atoms with E-state index in [1.54, 1.807) is 0 Å². The Bertz CT molecular complexity index is 165. The van der Waals surface area contributed by atoms with Gasteiger partial charge in [0.1, 0.15) is 0 Å². The van der Waals surface area contributed by atoms with E-state index < -0.39 is 24.3 Å². The van der Waals surface area contributed by atoms with Gasteiger partial charge in [0.25, 0.3) is 0 Å². The first-order valence-electron chi connectivity index (χ1n) is 3.89. The minimum Gasteiger partial charge on any atom is -0.444 e. The second-order valence-corrected chi connectivity index (χ2v) is 2.64. The predicted molar refractivity (Wildman–Crippen MR) is 48.1 cm³/mol. The molecule has 0 aromatic rings. The molecule has 0 saturated heterocycles. The van der Waals surface area contributed by atoms with Gasteiger partial charge in [0, 0.05) is 12.6 Å². The molecule has 0 aliphatic rings. The van der Waals surface area contributed by atoms with Gasteiger partial charge in [-0.05, 0) is 0 Å². The van der Waals surface area contributed by atoms with Crippen molar-refractivity contribution >= 4 is 5.97 Å². The highest BCUT2D eigenvalue weighted by atomic mass is 16.6. The average molecular weight is 191 g/mol. The van der Waals surface area contributed by atoms with Crippen molar-refractivity contribution in [3.63, 3.8) is 0 Å². The lowest BCUT2D eigenvalue weighted by Gasteiger charge is -2.24. The lowest BCUT2D eigenvalue weighted by Crippen LogP contribution is -2.57. The Balaban J connectivity index is 3.95. The van der Waals surface area contributed by atoms with Crippen molar-refractivity contribution in [3.8, 4) is 0 Å². The second kappa shape index (κ2) is 5.84. The van der Waals surface area contributed by atoms with Gasteiger partial charge in [0.15, 0.2) is 6.23 Å². The summed E-state index contributed by atoms with van der Waals surface area (Å²) in [6.45, 7) is -0.0622. The smallest absolute Gasteiger partial charge is 0.321 e. The summed E-state index contributed by atoms with van der Waals surface area (Å²) in [7, 11) is 0. The minimum absolute atomic E-state index is 0.176. The molecule has 3 unspecified atom stereocenters. The van der Waals surface area contributed by atoms with Crippen LogP contribution < -0.4 is 28.7 Å². The molecule has 0 heterocycles. The summed E-state index contributed by atoms with van der Waals surface area (Å²) in [4.78, 5) is 10.7. The Morgan fingerprint density at radius 2 is 1.77 bits per heavy atom. The fourth-order valence-electron chi connectivity index (χ4n) is 0.679. The first kappa shape index (κ1) is 12.3. The van der Waals surface area contributed by atoms with Crippen LogP contribution in [0.25, 0.3) is 0 Å². The maximum Gasteiger partial charge on any atom is 0.321 e. The number of hydrogen-bond acceptors (Lipinski definition) is 7. The molecule has 0 saturated carbocycles. The van der Waals surface area contributed by atoms with E-state index in [4.69, 9.17) is 28.7 Å². The summed E-state index contributed by atoms with van der Waals surface area (Å²) in [5.41, 5.74) is 26.7. The van der Waals surface area contributed by atoms with Crippen molar-refractivity contribution < 1.29 is 9.53 Å². The lowest BCUT2D eigenvalue weighted by molar-refractivity contribution is -0.148. The first-order valence-corrected chi connectivity index (χ1v) is 3.89. The molecule has 0 aliphatic carbocycles. The van der Waals surface area contributed by atoms with Gasteiger partial charge >= 0.3 is 5.97 Å². The molecule has 0 fully saturated rings. The number of nitrogens with two attached hydrogens (primary N) is 5. The third kappa shape index (κ3) is 4.15. The van der Waals surface area contributed by atoms with Crippen LogP contribution in [0.4, 0.5) is 0 Å². The van der Waals surface area contributed by atoms with Gasteiger partial charge in [-0.3, -0.25) is 10.5 Å². The quantitative estimate of drug-likeness (QED) is 0.222. The van der Waals surface area contributed by atoms with Crippen LogP contribution in [0.2, 0.25) is 0 Å². The SMILES string of the molecule is NCC(=O)OC(N)C(N)C(N)CN. The van der Waals surface area contributed by atoms with Crippen LogP contribution in [0, 0.1) is 0 Å². The fourth-order valence-corrected chi connectivity index (χ4v) is 0.679. The standard InChI is InChI=1S/C6H17N5O2/c7-1-3(9)5(10)6(11)13-4(12)2-8/h3,5-6H,1-2,7-11H2. The van der Waals surface area contributed by atoms with E-state index in [0.29, 0.717) is 0 Å². The Kier molecular flexibility index (Phi) is 5.51. The molecule has 13 heavy (non-hydrogen) atoms. The van der Waals surface area contributed by atoms with Gasteiger partial charge in [-0.25, -0.2) is 0 Å². The molecule has 3 atom stereocenters. The predicted octanol–water partition coefficient (Wildman–Crippen LogP) is -3.61. The third-order valence-corrected chi connectivity index (χ3v) is 1.58. The summed E-state index contributed by atoms with van der Waals surface area (Å²) in [6.07, 6.45) is -0.963. The lowest BCUT2D eigenvalue weighted by atomic mass is 10.1. The molecule has 0 amide bonds. The van der Waals surface area contributed by atoms with E-state index in [1.165, 1.54) is 0 Å². The highest BCUT2D eigenvalue weighted by Crippen LogP contribution is 1.93. The number of rotatable bonds is 5. The van der Waals surface area contributed by atoms with Gasteiger partial charge in [0.05, 0.1) is 12.6 Å². The van der Waals surface area contributed by atoms with E-state index in [-0.39, 0.29) is 13.1 Å². The van der Waals surface area contributed by atoms with Crippen molar-refractivity contribution in [2.45, 2.75) is 18.3 Å². The molecule has 0 aromatic carbocycles. The maximum atomic E-state index is 10.7. The minimum atomic E-state index is -0.963. The van der Waals surface area contributed by atoms with Crippen LogP contribution in [0.1, 0.15) is 0 Å². The molecular weight excluding hydrogens is 174 g/mol. The molecule has 0 radical (unpaired) electrons. The van der Waals surface area contributed by atoms with Gasteiger partial charge in [-0.1, -0.05) is 0 Å². The molecule has 0 rings (SSSR count). The van der Waals surface area contributed by atoms with Crippen LogP contribution in [-0.4, -0.2) is 37.4 Å². The van der Waals surface area contributed by atoms with Gasteiger partial charge < -0.3 is 27.7 Å². The van der Waals surface area contributed by atoms with E-state index in [0.717, 1.165) is 0 Å². The van der Waals surface area contributed by atoms with Crippen molar-refractivity contribution in [1.29, 1.82) is 0 Å². The number of hydrogen-bond donors (Lipinski definition) is 5. The van der Waals surface area contributed by atoms with Gasteiger partial charge in [-0.2, -0.15) is 0 Å². The van der Waals surface area contributed by atoms with Crippen molar-refractivity contribution in [2.75, 3.05) is 13.1 Å². The number of carbonyl (C=O) groups excluding carboxylic acids is 1. The Morgan fingerprint density at radius 1 is 1.23 bits per heavy atom. The van der Waals surface area contributed by atoms with Crippen molar-refractivity contribution in [1.82, 2.24) is 0 Å². The summed E-state index contributed by atoms with van der Waals surface area (Å²) in [5, 5.41) is 0. The van der Waals surface area contributed by atoms with Crippen LogP contribution in [0.15, 0.2) is 0 Å². The normalized spacial score (nSPS) is 17.6. The average Bonchev–Trinajstić information content (AvgIpc) is 2.14. The van der Waals surface area contributed by atoms with Crippen molar-refractivity contribution in [3.05, 3.63) is 0 Å². The number of carbonyl (C=O) groups is 1. The van der Waals surface area contributed by atoms with E-state index >= 15 is 0 Å². The molecule has 10 N–H and O–H groups in total. The zero-order valence-corrected chi connectivity index (χ0v) is 7.35. The molecule has 0 spiro atoms. The molecule has 7 heteroatoms. The van der Waals surface area contributed by atoms with Crippen LogP contribution in [0.5, 0.6) is 0 Å². The highest BCUT2D eigenvalue weighted by molar-refractivity contribution is 5.71. The van der Waals surface area contributed by atoms with Gasteiger partial charge in [-0.15, -0.1) is 0 Å². The Labute approximate surface area is 76.5 Å². The molecule has 78 valence electrons. The molecule has 0 aliphatic heterocycles. The van der Waals surface area contributed by atoms with Crippen LogP contribution >= 0.6 is 0 Å². The Morgan fingerprint density at radius 3 is 2.15 bits per heavy atom. The zero-order chi connectivity index (χ0) is 10.4. The maximum absolute atomic E-state index is 10.7. The molecule has 7 nitrogen and oxygen atoms in total. The monoisotopic (exact) mass is 191 g/mol. The first-order chi connectivity index (χ1) is 6.02. The third-order valence-electron chi connectivity index (χ3n) is 1.58. The molecular formula is C6H17N5O2. The van der Waals surface area contributed by atoms with E-state index in [2.05, 4.69) is 4.74 Å². The van der Waals surface area contributed by atoms with Crippen LogP contribution in [0.3, 0.4) is 0 Å². The highest BCUT2D eigenvalue weighted by Gasteiger charge is 2.22. The zero-order valence-electron chi connectivity index (χ0n) is 7.35. The number of ether oxygens (including phenoxy) is 1. The number of esters is 1. The summed E-state index contributed by atoms with van der Waals surface area (Å²) >= 11 is 0. The van der Waals surface area contributed by atoms with Crippen LogP contribution in [-0.2, 0) is 9.53 Å². The summed E-state index contributed by atoms with van der Waals surface area (Å²) in [6, 6.07) is -1.18. The Hall–Kier alpha value is -0.730. The molecule has 0 bridgehead atoms. The summed E-state index contributed by atoms with van der Waals surface area (Å²) < 4.78 is 4.64. The summed E-state index contributed by atoms with van der Waals surface area (Å²) in [5.74, 6) is -0.618.